The van der Waals surface area contributed by atoms with E-state index in [0.29, 0.717) is 18.8 Å². The lowest BCUT2D eigenvalue weighted by Gasteiger charge is -2.27. The van der Waals surface area contributed by atoms with Gasteiger partial charge in [0.2, 0.25) is 0 Å². The predicted molar refractivity (Wildman–Crippen MR) is 106 cm³/mol. The van der Waals surface area contributed by atoms with Gasteiger partial charge in [-0.1, -0.05) is 30.3 Å². The molecule has 3 aromatic rings. The summed E-state index contributed by atoms with van der Waals surface area (Å²) in [6.45, 7) is 3.03. The van der Waals surface area contributed by atoms with Gasteiger partial charge in [-0.15, -0.1) is 0 Å². The van der Waals surface area contributed by atoms with Crippen molar-refractivity contribution in [2.75, 3.05) is 31.2 Å². The van der Waals surface area contributed by atoms with Crippen molar-refractivity contribution in [2.24, 2.45) is 7.05 Å². The number of rotatable bonds is 5. The molecule has 1 aliphatic heterocycles. The van der Waals surface area contributed by atoms with Crippen molar-refractivity contribution in [1.82, 2.24) is 19.9 Å². The summed E-state index contributed by atoms with van der Waals surface area (Å²) in [6, 6.07) is 13.2. The minimum atomic E-state index is -0.340. The molecule has 1 N–H and O–H groups in total. The smallest absolute Gasteiger partial charge is 0.253 e. The molecular weight excluding hydrogens is 354 g/mol. The molecule has 144 valence electrons. The number of ether oxygens (including phenoxy) is 1. The number of imidazole rings is 1. The molecule has 0 radical (unpaired) electrons. The van der Waals surface area contributed by atoms with Crippen LogP contribution >= 0.6 is 0 Å². The van der Waals surface area contributed by atoms with Crippen LogP contribution in [0, 0.1) is 0 Å². The van der Waals surface area contributed by atoms with Crippen LogP contribution in [0.15, 0.2) is 61.1 Å². The zero-order valence-corrected chi connectivity index (χ0v) is 15.8. The van der Waals surface area contributed by atoms with Crippen LogP contribution in [0.25, 0.3) is 0 Å². The highest BCUT2D eigenvalue weighted by Crippen LogP contribution is 2.21. The zero-order chi connectivity index (χ0) is 19.3. The largest absolute Gasteiger partial charge is 0.378 e. The first kappa shape index (κ1) is 18.2. The fraction of sp³-hybridized carbons (Fsp3) is 0.286. The zero-order valence-electron chi connectivity index (χ0n) is 15.8. The third-order valence-corrected chi connectivity index (χ3v) is 4.87. The van der Waals surface area contributed by atoms with Crippen LogP contribution in [0.1, 0.15) is 27.8 Å². The molecule has 1 aliphatic rings. The number of hydrogen-bond donors (Lipinski definition) is 1. The number of morpholine rings is 1. The summed E-state index contributed by atoms with van der Waals surface area (Å²) in [4.78, 5) is 24.0. The lowest BCUT2D eigenvalue weighted by atomic mass is 10.1. The van der Waals surface area contributed by atoms with Crippen LogP contribution in [0.4, 0.5) is 5.82 Å². The van der Waals surface area contributed by atoms with E-state index in [2.05, 4.69) is 20.2 Å². The van der Waals surface area contributed by atoms with Crippen molar-refractivity contribution in [1.29, 1.82) is 0 Å². The molecule has 1 aromatic carbocycles. The summed E-state index contributed by atoms with van der Waals surface area (Å²) in [5.74, 6) is 1.46. The third-order valence-electron chi connectivity index (χ3n) is 4.87. The summed E-state index contributed by atoms with van der Waals surface area (Å²) in [5, 5.41) is 3.10. The molecule has 0 spiro atoms. The van der Waals surface area contributed by atoms with Gasteiger partial charge >= 0.3 is 0 Å². The SMILES string of the molecule is Cn1ccnc1C(NC(=O)c1ccc(N2CCOCC2)nc1)c1ccccc1. The predicted octanol–water partition coefficient (Wildman–Crippen LogP) is 2.17. The molecule has 1 atom stereocenters. The molecule has 1 fully saturated rings. The van der Waals surface area contributed by atoms with Crippen molar-refractivity contribution in [2.45, 2.75) is 6.04 Å². The maximum absolute atomic E-state index is 12.9. The van der Waals surface area contributed by atoms with E-state index < -0.39 is 0 Å². The second-order valence-electron chi connectivity index (χ2n) is 6.72. The minimum absolute atomic E-state index is 0.183. The molecule has 0 saturated carbocycles. The Morgan fingerprint density at radius 3 is 2.54 bits per heavy atom. The van der Waals surface area contributed by atoms with E-state index in [4.69, 9.17) is 4.74 Å². The van der Waals surface area contributed by atoms with Gasteiger partial charge in [-0.05, 0) is 17.7 Å². The molecule has 0 bridgehead atoms. The van der Waals surface area contributed by atoms with Crippen LogP contribution in [-0.4, -0.2) is 46.7 Å². The number of nitrogens with one attached hydrogen (secondary N) is 1. The first-order valence-corrected chi connectivity index (χ1v) is 9.34. The van der Waals surface area contributed by atoms with E-state index in [-0.39, 0.29) is 11.9 Å². The highest BCUT2D eigenvalue weighted by Gasteiger charge is 2.21. The number of hydrogen-bond acceptors (Lipinski definition) is 5. The van der Waals surface area contributed by atoms with Gasteiger partial charge in [-0.3, -0.25) is 4.79 Å². The second kappa shape index (κ2) is 8.22. The maximum atomic E-state index is 12.9. The third kappa shape index (κ3) is 3.89. The molecule has 7 heteroatoms. The van der Waals surface area contributed by atoms with Gasteiger partial charge in [0, 0.05) is 38.7 Å². The normalized spacial score (nSPS) is 15.2. The first-order chi connectivity index (χ1) is 13.7. The second-order valence-corrected chi connectivity index (χ2v) is 6.72. The molecule has 1 unspecified atom stereocenters. The maximum Gasteiger partial charge on any atom is 0.253 e. The van der Waals surface area contributed by atoms with Gasteiger partial charge in [-0.25, -0.2) is 9.97 Å². The Morgan fingerprint density at radius 1 is 1.11 bits per heavy atom. The standard InChI is InChI=1S/C21H23N5O2/c1-25-10-9-22-20(25)19(16-5-3-2-4-6-16)24-21(27)17-7-8-18(23-15-17)26-11-13-28-14-12-26/h2-10,15,19H,11-14H2,1H3,(H,24,27). The fourth-order valence-corrected chi connectivity index (χ4v) is 3.31. The first-order valence-electron chi connectivity index (χ1n) is 9.34. The van der Waals surface area contributed by atoms with Crippen molar-refractivity contribution >= 4 is 11.7 Å². The number of benzene rings is 1. The summed E-state index contributed by atoms with van der Waals surface area (Å²) < 4.78 is 7.29. The number of aryl methyl sites for hydroxylation is 1. The van der Waals surface area contributed by atoms with Crippen LogP contribution in [0.5, 0.6) is 0 Å². The van der Waals surface area contributed by atoms with E-state index in [9.17, 15) is 4.79 Å². The van der Waals surface area contributed by atoms with Gasteiger partial charge in [-0.2, -0.15) is 0 Å². The van der Waals surface area contributed by atoms with E-state index in [1.54, 1.807) is 12.4 Å². The van der Waals surface area contributed by atoms with Crippen LogP contribution < -0.4 is 10.2 Å². The van der Waals surface area contributed by atoms with Gasteiger partial charge in [0.25, 0.3) is 5.91 Å². The number of carbonyl (C=O) groups excluding carboxylic acids is 1. The number of pyridine rings is 1. The quantitative estimate of drug-likeness (QED) is 0.738. The van der Waals surface area contributed by atoms with E-state index >= 15 is 0 Å². The Kier molecular flexibility index (Phi) is 5.34. The van der Waals surface area contributed by atoms with E-state index in [0.717, 1.165) is 30.3 Å². The van der Waals surface area contributed by atoms with E-state index in [1.807, 2.05) is 60.3 Å². The van der Waals surface area contributed by atoms with Gasteiger partial charge in [0.05, 0.1) is 18.8 Å². The topological polar surface area (TPSA) is 72.3 Å². The van der Waals surface area contributed by atoms with Crippen molar-refractivity contribution in [3.05, 3.63) is 78.0 Å². The van der Waals surface area contributed by atoms with Gasteiger partial charge in [0.15, 0.2) is 0 Å². The number of anilines is 1. The van der Waals surface area contributed by atoms with Gasteiger partial charge < -0.3 is 19.5 Å². The Bertz CT molecular complexity index is 917. The Labute approximate surface area is 164 Å². The summed E-state index contributed by atoms with van der Waals surface area (Å²) >= 11 is 0. The van der Waals surface area contributed by atoms with Gasteiger partial charge in [0.1, 0.15) is 17.7 Å². The molecule has 2 aromatic heterocycles. The lowest BCUT2D eigenvalue weighted by molar-refractivity contribution is 0.0940. The van der Waals surface area contributed by atoms with E-state index in [1.165, 1.54) is 0 Å². The number of aromatic nitrogens is 3. The number of nitrogens with zero attached hydrogens (tertiary/aromatic N) is 4. The summed E-state index contributed by atoms with van der Waals surface area (Å²) in [5.41, 5.74) is 1.50. The molecule has 4 rings (SSSR count). The highest BCUT2D eigenvalue weighted by atomic mass is 16.5. The highest BCUT2D eigenvalue weighted by molar-refractivity contribution is 5.94. The van der Waals surface area contributed by atoms with Crippen molar-refractivity contribution < 1.29 is 9.53 Å². The monoisotopic (exact) mass is 377 g/mol. The average molecular weight is 377 g/mol. The van der Waals surface area contributed by atoms with Crippen molar-refractivity contribution in [3.8, 4) is 0 Å². The van der Waals surface area contributed by atoms with Crippen LogP contribution in [-0.2, 0) is 11.8 Å². The Morgan fingerprint density at radius 2 is 1.89 bits per heavy atom. The van der Waals surface area contributed by atoms with Crippen LogP contribution in [0.2, 0.25) is 0 Å². The van der Waals surface area contributed by atoms with Crippen LogP contribution in [0.3, 0.4) is 0 Å². The molecule has 28 heavy (non-hydrogen) atoms. The molecular formula is C21H23N5O2. The molecule has 3 heterocycles. The number of carbonyl (C=O) groups is 1. The summed E-state index contributed by atoms with van der Waals surface area (Å²) in [7, 11) is 1.92. The lowest BCUT2D eigenvalue weighted by Crippen LogP contribution is -2.36. The molecule has 7 nitrogen and oxygen atoms in total. The van der Waals surface area contributed by atoms with Crippen molar-refractivity contribution in [3.63, 3.8) is 0 Å². The molecule has 1 amide bonds. The Balaban J connectivity index is 1.54. The average Bonchev–Trinajstić information content (AvgIpc) is 3.19. The fourth-order valence-electron chi connectivity index (χ4n) is 3.31. The Hall–Kier alpha value is -3.19. The minimum Gasteiger partial charge on any atom is -0.378 e. The molecule has 0 aliphatic carbocycles. The number of amides is 1. The summed E-state index contributed by atoms with van der Waals surface area (Å²) in [6.07, 6.45) is 5.23. The molecule has 1 saturated heterocycles.